The summed E-state index contributed by atoms with van der Waals surface area (Å²) in [5.41, 5.74) is 2.04. The summed E-state index contributed by atoms with van der Waals surface area (Å²) in [6.07, 6.45) is 3.22. The quantitative estimate of drug-likeness (QED) is 0.460. The van der Waals surface area contributed by atoms with Gasteiger partial charge in [-0.2, -0.15) is 0 Å². The third kappa shape index (κ3) is 3.34. The Morgan fingerprint density at radius 1 is 0.852 bits per heavy atom. The van der Waals surface area contributed by atoms with Gasteiger partial charge in [-0.1, -0.05) is 0 Å². The molecule has 0 bridgehead atoms. The molecule has 2 aromatic heterocycles. The summed E-state index contributed by atoms with van der Waals surface area (Å²) in [6.45, 7) is 0. The number of para-hydroxylation sites is 1. The molecule has 0 unspecified atom stereocenters. The number of nitrogens with zero attached hydrogens (tertiary/aromatic N) is 1. The molecule has 0 N–H and O–H groups in total. The maximum absolute atomic E-state index is 13.2. The minimum absolute atomic E-state index is 0.151. The van der Waals surface area contributed by atoms with Gasteiger partial charge in [0, 0.05) is 0 Å². The second-order valence-electron chi connectivity index (χ2n) is 5.87. The second-order valence-corrected chi connectivity index (χ2v) is 10.3. The summed E-state index contributed by atoms with van der Waals surface area (Å²) in [5.74, 6) is 0.388. The summed E-state index contributed by atoms with van der Waals surface area (Å²) in [7, 11) is -3.37. The van der Waals surface area contributed by atoms with Gasteiger partial charge >= 0.3 is 163 Å². The van der Waals surface area contributed by atoms with Crippen LogP contribution in [0.2, 0.25) is 0 Å². The Morgan fingerprint density at radius 2 is 1.52 bits per heavy atom. The number of pyridine rings is 1. The van der Waals surface area contributed by atoms with Crippen molar-refractivity contribution < 1.29 is 12.8 Å². The van der Waals surface area contributed by atoms with Crippen LogP contribution in [0.3, 0.4) is 0 Å². The van der Waals surface area contributed by atoms with Crippen molar-refractivity contribution in [3.63, 3.8) is 0 Å². The third-order valence-corrected chi connectivity index (χ3v) is 6.38. The summed E-state index contributed by atoms with van der Waals surface area (Å²) >= 11 is 1.65. The molecule has 0 aliphatic carbocycles. The molecule has 0 amide bonds. The first-order valence-corrected chi connectivity index (χ1v) is 11.7. The molecule has 2 aromatic carbocycles. The van der Waals surface area contributed by atoms with Crippen LogP contribution in [0, 0.1) is 0 Å². The second kappa shape index (κ2) is 6.80. The normalized spacial score (nSPS) is 11.6. The summed E-state index contributed by atoms with van der Waals surface area (Å²) in [4.78, 5) is 17.4. The average Bonchev–Trinajstić information content (AvgIpc) is 2.68. The molecule has 0 aliphatic heterocycles. The van der Waals surface area contributed by atoms with E-state index in [0.717, 1.165) is 0 Å². The van der Waals surface area contributed by atoms with Crippen molar-refractivity contribution in [2.75, 3.05) is 0 Å². The van der Waals surface area contributed by atoms with E-state index in [9.17, 15) is 13.2 Å². The topological polar surface area (TPSA) is 77.2 Å². The Morgan fingerprint density at radius 3 is 2.19 bits per heavy atom. The summed E-state index contributed by atoms with van der Waals surface area (Å²) < 4.78 is 29.4. The molecule has 132 valence electrons. The molecule has 5 nitrogen and oxygen atoms in total. The van der Waals surface area contributed by atoms with Gasteiger partial charge in [-0.25, -0.2) is 0 Å². The molecule has 7 heteroatoms. The van der Waals surface area contributed by atoms with Crippen molar-refractivity contribution in [3.8, 4) is 22.5 Å². The van der Waals surface area contributed by atoms with E-state index >= 15 is 0 Å². The summed E-state index contributed by atoms with van der Waals surface area (Å²) in [6, 6.07) is 16.8. The summed E-state index contributed by atoms with van der Waals surface area (Å²) in [5, 5.41) is 0.484. The zero-order chi connectivity index (χ0) is 19.0. The van der Waals surface area contributed by atoms with Crippen molar-refractivity contribution in [1.29, 1.82) is 0 Å². The fourth-order valence-corrected chi connectivity index (χ4v) is 4.15. The number of rotatable bonds is 3. The van der Waals surface area contributed by atoms with Crippen molar-refractivity contribution in [2.45, 2.75) is 4.90 Å². The van der Waals surface area contributed by atoms with Crippen molar-refractivity contribution in [2.24, 2.45) is 0 Å². The number of fused-ring (bicyclic) bond motifs is 1. The Bertz CT molecular complexity index is 1300. The van der Waals surface area contributed by atoms with Crippen molar-refractivity contribution >= 4 is 34.8 Å². The van der Waals surface area contributed by atoms with Gasteiger partial charge in [0.1, 0.15) is 0 Å². The van der Waals surface area contributed by atoms with Crippen LogP contribution in [-0.2, 0) is 8.10 Å². The van der Waals surface area contributed by atoms with E-state index in [1.165, 1.54) is 12.1 Å². The molecule has 2 radical (unpaired) electrons. The van der Waals surface area contributed by atoms with Crippen LogP contribution < -0.4 is 5.43 Å². The maximum atomic E-state index is 13.2. The Hall–Kier alpha value is -2.69. The standard InChI is InChI=1S/C20H12AsNO4S/c21-27(24,25)15-7-5-14(6-8-15)20-18(13-9-11-22-12-10-13)19(23)16-3-1-2-4-17(16)26-20/h1-12H. The predicted octanol–water partition coefficient (Wildman–Crippen LogP) is 3.38. The molecular weight excluding hydrogens is 425 g/mol. The number of hydrogen-bond donors (Lipinski definition) is 0. The van der Waals surface area contributed by atoms with Gasteiger partial charge in [0.15, 0.2) is 0 Å². The molecule has 0 saturated carbocycles. The van der Waals surface area contributed by atoms with E-state index < -0.39 is 8.10 Å². The first-order valence-electron chi connectivity index (χ1n) is 7.99. The van der Waals surface area contributed by atoms with Crippen LogP contribution in [0.25, 0.3) is 33.4 Å². The number of hydrogen-bond acceptors (Lipinski definition) is 5. The van der Waals surface area contributed by atoms with E-state index in [0.29, 0.717) is 33.4 Å². The Labute approximate surface area is 163 Å². The van der Waals surface area contributed by atoms with Gasteiger partial charge in [0.25, 0.3) is 0 Å². The average molecular weight is 437 g/mol. The first kappa shape index (κ1) is 17.7. The molecule has 2 heterocycles. The number of aromatic nitrogens is 1. The van der Waals surface area contributed by atoms with Gasteiger partial charge in [-0.3, -0.25) is 0 Å². The predicted molar refractivity (Wildman–Crippen MR) is 104 cm³/mol. The molecule has 0 atom stereocenters. The van der Waals surface area contributed by atoms with E-state index in [1.54, 1.807) is 76.6 Å². The molecule has 4 aromatic rings. The zero-order valence-corrected chi connectivity index (χ0v) is 16.6. The van der Waals surface area contributed by atoms with Gasteiger partial charge < -0.3 is 0 Å². The van der Waals surface area contributed by atoms with Gasteiger partial charge in [0.2, 0.25) is 0 Å². The fourth-order valence-electron chi connectivity index (χ4n) is 2.90. The molecule has 0 fully saturated rings. The first-order chi connectivity index (χ1) is 12.9. The van der Waals surface area contributed by atoms with Gasteiger partial charge in [0.05, 0.1) is 0 Å². The van der Waals surface area contributed by atoms with Crippen LogP contribution in [0.15, 0.2) is 87.2 Å². The van der Waals surface area contributed by atoms with E-state index in [-0.39, 0.29) is 10.3 Å². The number of benzene rings is 2. The molecule has 0 saturated heterocycles. The van der Waals surface area contributed by atoms with Crippen molar-refractivity contribution in [1.82, 2.24) is 4.98 Å². The van der Waals surface area contributed by atoms with Gasteiger partial charge in [-0.15, -0.1) is 0 Å². The van der Waals surface area contributed by atoms with Crippen LogP contribution in [0.5, 0.6) is 0 Å². The third-order valence-electron chi connectivity index (χ3n) is 4.18. The zero-order valence-electron chi connectivity index (χ0n) is 13.9. The Kier molecular flexibility index (Phi) is 4.46. The fraction of sp³-hybridized carbons (Fsp3) is 0. The molecule has 4 rings (SSSR count). The molecule has 0 spiro atoms. The molecule has 27 heavy (non-hydrogen) atoms. The van der Waals surface area contributed by atoms with Crippen LogP contribution in [0.4, 0.5) is 0 Å². The van der Waals surface area contributed by atoms with Crippen molar-refractivity contribution in [3.05, 3.63) is 83.3 Å². The monoisotopic (exact) mass is 437 g/mol. The SMILES string of the molecule is O=c1c(-c2ccncc2)c(-c2ccc(S(=O)(=O)[As])cc2)oc2ccccc12. The van der Waals surface area contributed by atoms with Gasteiger partial charge in [-0.05, 0) is 0 Å². The molecular formula is C20H12AsNO4S. The minimum atomic E-state index is -3.37. The van der Waals surface area contributed by atoms with E-state index in [1.807, 2.05) is 0 Å². The van der Waals surface area contributed by atoms with Crippen LogP contribution in [0.1, 0.15) is 0 Å². The Balaban J connectivity index is 2.03. The van der Waals surface area contributed by atoms with Crippen LogP contribution in [-0.4, -0.2) is 29.1 Å². The van der Waals surface area contributed by atoms with Crippen LogP contribution >= 0.6 is 0 Å². The molecule has 0 aliphatic rings. The van der Waals surface area contributed by atoms with E-state index in [4.69, 9.17) is 4.42 Å². The van der Waals surface area contributed by atoms with E-state index in [2.05, 4.69) is 4.98 Å².